The number of carbonyl (C=O) groups excluding carboxylic acids is 1. The van der Waals surface area contributed by atoms with E-state index in [-0.39, 0.29) is 4.90 Å². The minimum absolute atomic E-state index is 0.203. The first-order valence-electron chi connectivity index (χ1n) is 10.5. The van der Waals surface area contributed by atoms with Gasteiger partial charge in [0.1, 0.15) is 13.2 Å². The molecule has 2 aliphatic heterocycles. The molecule has 32 heavy (non-hydrogen) atoms. The minimum atomic E-state index is -3.53. The fraction of sp³-hybridized carbons (Fsp3) is 0.364. The van der Waals surface area contributed by atoms with Crippen molar-refractivity contribution in [2.45, 2.75) is 24.2 Å². The molecule has 5 rings (SSSR count). The van der Waals surface area contributed by atoms with Crippen molar-refractivity contribution in [3.8, 4) is 11.5 Å². The number of aryl methyl sites for hydroxylation is 1. The van der Waals surface area contributed by atoms with E-state index in [2.05, 4.69) is 4.99 Å². The van der Waals surface area contributed by atoms with Crippen LogP contribution in [0.2, 0.25) is 0 Å². The van der Waals surface area contributed by atoms with Gasteiger partial charge in [0, 0.05) is 37.8 Å². The zero-order valence-corrected chi connectivity index (χ0v) is 19.2. The molecule has 3 aromatic rings. The van der Waals surface area contributed by atoms with Gasteiger partial charge in [-0.25, -0.2) is 8.42 Å². The Kier molecular flexibility index (Phi) is 5.52. The lowest BCUT2D eigenvalue weighted by atomic mass is 10.2. The number of carbonyl (C=O) groups is 1. The summed E-state index contributed by atoms with van der Waals surface area (Å²) in [5, 5.41) is 0. The normalized spacial score (nSPS) is 17.6. The molecule has 0 bridgehead atoms. The molecule has 0 saturated carbocycles. The largest absolute Gasteiger partial charge is 0.486 e. The van der Waals surface area contributed by atoms with Crippen LogP contribution in [0.4, 0.5) is 0 Å². The van der Waals surface area contributed by atoms with Crippen molar-refractivity contribution in [1.29, 1.82) is 0 Å². The standard InChI is InChI=1S/C22H23N3O5S2/c1-24-17-13-18-19(30-12-11-29-18)14-20(17)31-22(24)23-21(26)15-5-7-16(8-6-15)32(27,28)25-9-3-2-4-10-25/h5-8,13-14H,2-4,9-12H2,1H3. The van der Waals surface area contributed by atoms with Gasteiger partial charge in [-0.1, -0.05) is 17.8 Å². The van der Waals surface area contributed by atoms with Crippen LogP contribution < -0.4 is 14.3 Å². The number of hydrogen-bond acceptors (Lipinski definition) is 6. The number of piperidine rings is 1. The van der Waals surface area contributed by atoms with E-state index in [0.717, 1.165) is 29.5 Å². The summed E-state index contributed by atoms with van der Waals surface area (Å²) in [7, 11) is -1.69. The van der Waals surface area contributed by atoms with E-state index >= 15 is 0 Å². The van der Waals surface area contributed by atoms with Gasteiger partial charge in [0.05, 0.1) is 15.1 Å². The maximum atomic E-state index is 12.8. The third kappa shape index (κ3) is 3.82. The van der Waals surface area contributed by atoms with Gasteiger partial charge >= 0.3 is 0 Å². The number of hydrogen-bond donors (Lipinski definition) is 0. The second-order valence-corrected chi connectivity index (χ2v) is 10.8. The van der Waals surface area contributed by atoms with Crippen LogP contribution in [0.15, 0.2) is 46.3 Å². The molecule has 0 unspecified atom stereocenters. The Morgan fingerprint density at radius 1 is 1.00 bits per heavy atom. The van der Waals surface area contributed by atoms with E-state index in [4.69, 9.17) is 9.47 Å². The highest BCUT2D eigenvalue weighted by Gasteiger charge is 2.26. The van der Waals surface area contributed by atoms with Gasteiger partial charge < -0.3 is 14.0 Å². The molecule has 168 valence electrons. The molecule has 1 saturated heterocycles. The van der Waals surface area contributed by atoms with E-state index in [1.54, 1.807) is 0 Å². The molecule has 0 atom stereocenters. The summed E-state index contributed by atoms with van der Waals surface area (Å²) >= 11 is 1.38. The monoisotopic (exact) mass is 473 g/mol. The molecule has 1 aromatic heterocycles. The first-order chi connectivity index (χ1) is 15.4. The van der Waals surface area contributed by atoms with Crippen LogP contribution in [0, 0.1) is 0 Å². The molecular formula is C22H23N3O5S2. The van der Waals surface area contributed by atoms with Gasteiger partial charge in [0.25, 0.3) is 5.91 Å². The Bertz CT molecular complexity index is 1350. The van der Waals surface area contributed by atoms with Gasteiger partial charge in [0.15, 0.2) is 16.3 Å². The summed E-state index contributed by atoms with van der Waals surface area (Å²) in [5.74, 6) is 0.945. The average molecular weight is 474 g/mol. The van der Waals surface area contributed by atoms with Crippen LogP contribution in [0.1, 0.15) is 29.6 Å². The summed E-state index contributed by atoms with van der Waals surface area (Å²) in [4.78, 5) is 17.8. The Labute approximate surface area is 189 Å². The zero-order valence-electron chi connectivity index (χ0n) is 17.6. The van der Waals surface area contributed by atoms with Crippen LogP contribution in [-0.2, 0) is 17.1 Å². The van der Waals surface area contributed by atoms with Crippen LogP contribution in [0.25, 0.3) is 10.2 Å². The van der Waals surface area contributed by atoms with Gasteiger partial charge in [-0.15, -0.1) is 0 Å². The molecular weight excluding hydrogens is 450 g/mol. The number of rotatable bonds is 3. The number of nitrogens with zero attached hydrogens (tertiary/aromatic N) is 3. The van der Waals surface area contributed by atoms with Crippen molar-refractivity contribution < 1.29 is 22.7 Å². The summed E-state index contributed by atoms with van der Waals surface area (Å²) in [5.41, 5.74) is 1.24. The molecule has 0 aliphatic carbocycles. The lowest BCUT2D eigenvalue weighted by Crippen LogP contribution is -2.35. The molecule has 2 aromatic carbocycles. The highest BCUT2D eigenvalue weighted by atomic mass is 32.2. The van der Waals surface area contributed by atoms with E-state index in [1.807, 2.05) is 23.7 Å². The van der Waals surface area contributed by atoms with Crippen molar-refractivity contribution in [3.63, 3.8) is 0 Å². The van der Waals surface area contributed by atoms with E-state index in [0.29, 0.717) is 48.2 Å². The SMILES string of the molecule is Cn1c(=NC(=O)c2ccc(S(=O)(=O)N3CCCCC3)cc2)sc2cc3c(cc21)OCCO3. The van der Waals surface area contributed by atoms with E-state index in [1.165, 1.54) is 39.9 Å². The topological polar surface area (TPSA) is 90.2 Å². The first kappa shape index (κ1) is 21.2. The smallest absolute Gasteiger partial charge is 0.279 e. The molecule has 1 fully saturated rings. The number of fused-ring (bicyclic) bond motifs is 2. The number of thiazole rings is 1. The van der Waals surface area contributed by atoms with Crippen molar-refractivity contribution in [1.82, 2.24) is 8.87 Å². The predicted octanol–water partition coefficient (Wildman–Crippen LogP) is 2.93. The molecule has 0 N–H and O–H groups in total. The van der Waals surface area contributed by atoms with Gasteiger partial charge in [-0.2, -0.15) is 9.30 Å². The molecule has 10 heteroatoms. The summed E-state index contributed by atoms with van der Waals surface area (Å²) in [6, 6.07) is 9.82. The molecule has 2 aliphatic rings. The van der Waals surface area contributed by atoms with E-state index < -0.39 is 15.9 Å². The van der Waals surface area contributed by atoms with Gasteiger partial charge in [0.2, 0.25) is 10.0 Å². The number of sulfonamides is 1. The van der Waals surface area contributed by atoms with Crippen molar-refractivity contribution >= 4 is 37.5 Å². The average Bonchev–Trinajstić information content (AvgIpc) is 3.12. The summed E-state index contributed by atoms with van der Waals surface area (Å²) in [6.45, 7) is 2.10. The van der Waals surface area contributed by atoms with Crippen molar-refractivity contribution in [3.05, 3.63) is 46.8 Å². The lowest BCUT2D eigenvalue weighted by molar-refractivity contribution is 0.0998. The fourth-order valence-corrected chi connectivity index (χ4v) is 6.49. The van der Waals surface area contributed by atoms with Gasteiger partial charge in [-0.05, 0) is 37.1 Å². The quantitative estimate of drug-likeness (QED) is 0.584. The Balaban J connectivity index is 1.43. The Morgan fingerprint density at radius 2 is 1.66 bits per heavy atom. The zero-order chi connectivity index (χ0) is 22.3. The molecule has 0 spiro atoms. The minimum Gasteiger partial charge on any atom is -0.486 e. The summed E-state index contributed by atoms with van der Waals surface area (Å²) < 4.78 is 41.2. The van der Waals surface area contributed by atoms with Gasteiger partial charge in [-0.3, -0.25) is 4.79 Å². The van der Waals surface area contributed by atoms with Crippen molar-refractivity contribution in [2.75, 3.05) is 26.3 Å². The summed E-state index contributed by atoms with van der Waals surface area (Å²) in [6.07, 6.45) is 2.81. The molecule has 0 radical (unpaired) electrons. The number of amides is 1. The molecule has 1 amide bonds. The van der Waals surface area contributed by atoms with Crippen molar-refractivity contribution in [2.24, 2.45) is 12.0 Å². The predicted molar refractivity (Wildman–Crippen MR) is 121 cm³/mol. The fourth-order valence-electron chi connectivity index (χ4n) is 3.95. The molecule has 8 nitrogen and oxygen atoms in total. The van der Waals surface area contributed by atoms with Crippen LogP contribution in [-0.4, -0.2) is 49.5 Å². The first-order valence-corrected chi connectivity index (χ1v) is 12.8. The van der Waals surface area contributed by atoms with E-state index in [9.17, 15) is 13.2 Å². The second kappa shape index (κ2) is 8.34. The molecule has 3 heterocycles. The number of benzene rings is 2. The Hall–Kier alpha value is -2.69. The van der Waals surface area contributed by atoms with Crippen LogP contribution in [0.5, 0.6) is 11.5 Å². The van der Waals surface area contributed by atoms with Crippen LogP contribution in [0.3, 0.4) is 0 Å². The maximum Gasteiger partial charge on any atom is 0.279 e. The second-order valence-electron chi connectivity index (χ2n) is 7.81. The third-order valence-corrected chi connectivity index (χ3v) is 8.73. The maximum absolute atomic E-state index is 12.8. The highest BCUT2D eigenvalue weighted by Crippen LogP contribution is 2.35. The Morgan fingerprint density at radius 3 is 2.34 bits per heavy atom. The number of aromatic nitrogens is 1. The number of ether oxygens (including phenoxy) is 2. The highest BCUT2D eigenvalue weighted by molar-refractivity contribution is 7.89. The third-order valence-electron chi connectivity index (χ3n) is 5.72. The van der Waals surface area contributed by atoms with Crippen LogP contribution >= 0.6 is 11.3 Å². The lowest BCUT2D eigenvalue weighted by Gasteiger charge is -2.25.